The Morgan fingerprint density at radius 1 is 1.24 bits per heavy atom. The average Bonchev–Trinajstić information content (AvgIpc) is 2.60. The summed E-state index contributed by atoms with van der Waals surface area (Å²) < 4.78 is 0. The van der Waals surface area contributed by atoms with Crippen LogP contribution in [-0.4, -0.2) is 53.4 Å². The number of hydrogen-bond acceptors (Lipinski definition) is 4. The molecule has 0 aliphatic heterocycles. The fraction of sp³-hybridized carbons (Fsp3) is 0.222. The Hall–Kier alpha value is -2.64. The summed E-state index contributed by atoms with van der Waals surface area (Å²) in [5, 5.41) is 23.8. The van der Waals surface area contributed by atoms with E-state index in [2.05, 4.69) is 11.9 Å². The van der Waals surface area contributed by atoms with Gasteiger partial charge in [-0.3, -0.25) is 9.59 Å². The van der Waals surface area contributed by atoms with E-state index in [0.29, 0.717) is 0 Å². The molecule has 2 rings (SSSR count). The first-order valence-electron chi connectivity index (χ1n) is 7.91. The van der Waals surface area contributed by atoms with E-state index in [4.69, 9.17) is 0 Å². The number of hydrogen-bond donors (Lipinski definition) is 3. The first-order chi connectivity index (χ1) is 11.9. The van der Waals surface area contributed by atoms with Crippen molar-refractivity contribution in [1.82, 2.24) is 10.2 Å². The van der Waals surface area contributed by atoms with Gasteiger partial charge in [-0.05, 0) is 28.8 Å². The van der Waals surface area contributed by atoms with Gasteiger partial charge >= 0.3 is 7.12 Å². The van der Waals surface area contributed by atoms with Crippen molar-refractivity contribution in [3.63, 3.8) is 0 Å². The lowest BCUT2D eigenvalue weighted by Crippen LogP contribution is -2.50. The quantitative estimate of drug-likeness (QED) is 0.506. The Morgan fingerprint density at radius 2 is 1.92 bits per heavy atom. The van der Waals surface area contributed by atoms with Crippen LogP contribution in [0.3, 0.4) is 0 Å². The lowest BCUT2D eigenvalue weighted by atomic mass is 9.75. The minimum Gasteiger partial charge on any atom is -0.426 e. The number of carbonyl (C=O) groups excluding carboxylic acids is 2. The van der Waals surface area contributed by atoms with Crippen LogP contribution in [0.25, 0.3) is 10.8 Å². The molecule has 2 aromatic carbocycles. The van der Waals surface area contributed by atoms with Crippen molar-refractivity contribution >= 4 is 29.7 Å². The highest BCUT2D eigenvalue weighted by Crippen LogP contribution is 2.16. The van der Waals surface area contributed by atoms with Crippen LogP contribution in [0.1, 0.15) is 5.56 Å². The van der Waals surface area contributed by atoms with Gasteiger partial charge in [0.1, 0.15) is 0 Å². The monoisotopic (exact) mass is 340 g/mol. The van der Waals surface area contributed by atoms with E-state index < -0.39 is 19.0 Å². The number of nitrogens with one attached hydrogen (secondary N) is 1. The van der Waals surface area contributed by atoms with Crippen molar-refractivity contribution in [3.8, 4) is 0 Å². The summed E-state index contributed by atoms with van der Waals surface area (Å²) in [5.74, 6) is -1.73. The highest BCUT2D eigenvalue weighted by atomic mass is 16.4. The van der Waals surface area contributed by atoms with Gasteiger partial charge in [-0.25, -0.2) is 0 Å². The lowest BCUT2D eigenvalue weighted by Gasteiger charge is -2.20. The second-order valence-corrected chi connectivity index (χ2v) is 5.87. The average molecular weight is 340 g/mol. The molecule has 130 valence electrons. The normalized spacial score (nSPS) is 11.6. The summed E-state index contributed by atoms with van der Waals surface area (Å²) in [6.07, 6.45) is 1.37. The summed E-state index contributed by atoms with van der Waals surface area (Å²) in [5.41, 5.74) is 0.868. The van der Waals surface area contributed by atoms with Crippen LogP contribution in [0.4, 0.5) is 0 Å². The van der Waals surface area contributed by atoms with Crippen molar-refractivity contribution in [1.29, 1.82) is 0 Å². The Bertz CT molecular complexity index is 779. The first-order valence-corrected chi connectivity index (χ1v) is 7.91. The zero-order valence-electron chi connectivity index (χ0n) is 14.1. The SMILES string of the molecule is C=CC(=O)N(C)CC(=O)NC(Cc1ccc2ccccc2c1)B(O)O. The van der Waals surface area contributed by atoms with Crippen molar-refractivity contribution in [2.45, 2.75) is 12.4 Å². The van der Waals surface area contributed by atoms with Crippen molar-refractivity contribution in [3.05, 3.63) is 60.7 Å². The van der Waals surface area contributed by atoms with E-state index in [-0.39, 0.29) is 18.9 Å². The molecule has 7 heteroatoms. The molecule has 0 aromatic heterocycles. The smallest absolute Gasteiger partial charge is 0.426 e. The lowest BCUT2D eigenvalue weighted by molar-refractivity contribution is -0.131. The molecule has 2 amide bonds. The maximum atomic E-state index is 12.0. The number of benzene rings is 2. The van der Waals surface area contributed by atoms with Gasteiger partial charge in [0.2, 0.25) is 11.8 Å². The summed E-state index contributed by atoms with van der Waals surface area (Å²) in [4.78, 5) is 24.6. The van der Waals surface area contributed by atoms with Crippen LogP contribution >= 0.6 is 0 Å². The number of nitrogens with zero attached hydrogens (tertiary/aromatic N) is 1. The van der Waals surface area contributed by atoms with Gasteiger partial charge in [0.05, 0.1) is 12.5 Å². The summed E-state index contributed by atoms with van der Waals surface area (Å²) >= 11 is 0. The predicted octanol–water partition coefficient (Wildman–Crippen LogP) is 0.523. The highest BCUT2D eigenvalue weighted by molar-refractivity contribution is 6.43. The predicted molar refractivity (Wildman–Crippen MR) is 97.6 cm³/mol. The first kappa shape index (κ1) is 18.7. The molecular formula is C18H21BN2O4. The molecule has 0 saturated carbocycles. The third kappa shape index (κ3) is 5.17. The minimum atomic E-state index is -1.71. The van der Waals surface area contributed by atoms with Crippen LogP contribution in [-0.2, 0) is 16.0 Å². The Labute approximate surface area is 146 Å². The van der Waals surface area contributed by atoms with Gasteiger partial charge in [0.15, 0.2) is 0 Å². The molecule has 1 atom stereocenters. The molecule has 0 aliphatic rings. The molecule has 0 fully saturated rings. The topological polar surface area (TPSA) is 89.9 Å². The molecule has 0 aliphatic carbocycles. The van der Waals surface area contributed by atoms with Crippen LogP contribution in [0.5, 0.6) is 0 Å². The molecule has 6 nitrogen and oxygen atoms in total. The van der Waals surface area contributed by atoms with Crippen LogP contribution < -0.4 is 5.32 Å². The van der Waals surface area contributed by atoms with Gasteiger partial charge in [0.25, 0.3) is 0 Å². The third-order valence-corrected chi connectivity index (χ3v) is 3.91. The molecule has 2 aromatic rings. The molecule has 0 bridgehead atoms. The maximum Gasteiger partial charge on any atom is 0.475 e. The molecular weight excluding hydrogens is 319 g/mol. The molecule has 3 N–H and O–H groups in total. The third-order valence-electron chi connectivity index (χ3n) is 3.91. The number of fused-ring (bicyclic) bond motifs is 1. The standard InChI is InChI=1S/C18H21BN2O4/c1-3-18(23)21(2)12-17(22)20-16(19(24)25)11-13-8-9-14-6-4-5-7-15(14)10-13/h3-10,16,24-25H,1,11-12H2,2H3,(H,20,22). The minimum absolute atomic E-state index is 0.189. The van der Waals surface area contributed by atoms with Gasteiger partial charge in [0, 0.05) is 7.05 Å². The largest absolute Gasteiger partial charge is 0.475 e. The Balaban J connectivity index is 2.05. The molecule has 0 spiro atoms. The zero-order chi connectivity index (χ0) is 18.4. The Kier molecular flexibility index (Phi) is 6.33. The van der Waals surface area contributed by atoms with Gasteiger partial charge in [-0.1, -0.05) is 49.0 Å². The second-order valence-electron chi connectivity index (χ2n) is 5.87. The summed E-state index contributed by atoms with van der Waals surface area (Å²) in [6.45, 7) is 3.17. The van der Waals surface area contributed by atoms with Gasteiger partial charge < -0.3 is 20.3 Å². The number of rotatable bonds is 7. The molecule has 0 radical (unpaired) electrons. The van der Waals surface area contributed by atoms with Gasteiger partial charge in [-0.15, -0.1) is 0 Å². The van der Waals surface area contributed by atoms with Crippen molar-refractivity contribution in [2.24, 2.45) is 0 Å². The molecule has 0 saturated heterocycles. The van der Waals surface area contributed by atoms with E-state index in [1.54, 1.807) is 0 Å². The van der Waals surface area contributed by atoms with E-state index in [1.807, 2.05) is 42.5 Å². The van der Waals surface area contributed by atoms with E-state index >= 15 is 0 Å². The van der Waals surface area contributed by atoms with E-state index in [0.717, 1.165) is 22.4 Å². The molecule has 1 unspecified atom stereocenters. The number of amides is 2. The summed E-state index contributed by atoms with van der Waals surface area (Å²) in [7, 11) is -0.243. The van der Waals surface area contributed by atoms with Crippen LogP contribution in [0, 0.1) is 0 Å². The summed E-state index contributed by atoms with van der Waals surface area (Å²) in [6, 6.07) is 13.6. The van der Waals surface area contributed by atoms with Crippen molar-refractivity contribution < 1.29 is 19.6 Å². The van der Waals surface area contributed by atoms with E-state index in [1.165, 1.54) is 11.9 Å². The fourth-order valence-electron chi connectivity index (χ4n) is 2.55. The maximum absolute atomic E-state index is 12.0. The molecule has 0 heterocycles. The molecule has 25 heavy (non-hydrogen) atoms. The second kappa shape index (κ2) is 8.46. The van der Waals surface area contributed by atoms with Gasteiger partial charge in [-0.2, -0.15) is 0 Å². The highest BCUT2D eigenvalue weighted by Gasteiger charge is 2.26. The van der Waals surface area contributed by atoms with Crippen LogP contribution in [0.15, 0.2) is 55.1 Å². The number of likely N-dealkylation sites (N-methyl/N-ethyl adjacent to an activating group) is 1. The fourth-order valence-corrected chi connectivity index (χ4v) is 2.55. The van der Waals surface area contributed by atoms with Crippen LogP contribution in [0.2, 0.25) is 0 Å². The van der Waals surface area contributed by atoms with E-state index in [9.17, 15) is 19.6 Å². The number of carbonyl (C=O) groups is 2. The zero-order valence-corrected chi connectivity index (χ0v) is 14.1. The Morgan fingerprint density at radius 3 is 2.56 bits per heavy atom. The van der Waals surface area contributed by atoms with Crippen molar-refractivity contribution in [2.75, 3.05) is 13.6 Å².